The molecule has 2 aromatic rings. The number of amides is 1. The Bertz CT molecular complexity index is 1030. The fourth-order valence-electron chi connectivity index (χ4n) is 3.10. The highest BCUT2D eigenvalue weighted by molar-refractivity contribution is 6.00. The van der Waals surface area contributed by atoms with Crippen LogP contribution in [0, 0.1) is 0 Å². The first-order valence-corrected chi connectivity index (χ1v) is 8.75. The molecule has 2 aliphatic rings. The zero-order valence-electron chi connectivity index (χ0n) is 15.3. The van der Waals surface area contributed by atoms with Gasteiger partial charge in [0.1, 0.15) is 11.7 Å². The van der Waals surface area contributed by atoms with Gasteiger partial charge in [-0.15, -0.1) is 0 Å². The van der Waals surface area contributed by atoms with Crippen molar-refractivity contribution >= 4 is 34.6 Å². The quantitative estimate of drug-likeness (QED) is 0.731. The van der Waals surface area contributed by atoms with Crippen LogP contribution in [-0.4, -0.2) is 35.2 Å². The van der Waals surface area contributed by atoms with Crippen molar-refractivity contribution in [2.45, 2.75) is 12.6 Å². The molecule has 1 aromatic carbocycles. The van der Waals surface area contributed by atoms with Crippen LogP contribution in [0.2, 0.25) is 0 Å². The summed E-state index contributed by atoms with van der Waals surface area (Å²) >= 11 is 0. The molecule has 10 heteroatoms. The van der Waals surface area contributed by atoms with E-state index in [1.807, 2.05) is 0 Å². The Morgan fingerprint density at radius 2 is 2.03 bits per heavy atom. The molecule has 3 N–H and O–H groups in total. The van der Waals surface area contributed by atoms with Gasteiger partial charge < -0.3 is 20.9 Å². The number of alkyl halides is 3. The summed E-state index contributed by atoms with van der Waals surface area (Å²) in [5.74, 6) is 0.529. The van der Waals surface area contributed by atoms with Crippen LogP contribution in [0.4, 0.5) is 36.1 Å². The molecule has 0 saturated heterocycles. The van der Waals surface area contributed by atoms with Gasteiger partial charge in [0.25, 0.3) is 0 Å². The predicted molar refractivity (Wildman–Crippen MR) is 104 cm³/mol. The maximum absolute atomic E-state index is 13.4. The monoisotopic (exact) mass is 402 g/mol. The van der Waals surface area contributed by atoms with Crippen molar-refractivity contribution in [2.75, 3.05) is 29.5 Å². The van der Waals surface area contributed by atoms with Gasteiger partial charge in [-0.05, 0) is 23.8 Å². The van der Waals surface area contributed by atoms with Gasteiger partial charge in [-0.1, -0.05) is 0 Å². The van der Waals surface area contributed by atoms with Crippen molar-refractivity contribution in [3.05, 3.63) is 54.0 Å². The standard InChI is InChI=1S/C19H17F3N6O/c1-28-5-4-23-17(10-28)26-15-8-16(24-9-13(15)19(20,21)22)25-12-2-3-14-11(6-12)7-18(29)27-14/h2-6,8-9H,7,10H2,1H3,(H,27,29)(H2,23,24,25,26). The first-order valence-electron chi connectivity index (χ1n) is 8.75. The van der Waals surface area contributed by atoms with Crippen molar-refractivity contribution in [3.8, 4) is 0 Å². The van der Waals surface area contributed by atoms with Crippen molar-refractivity contribution in [2.24, 2.45) is 4.99 Å². The van der Waals surface area contributed by atoms with E-state index < -0.39 is 11.7 Å². The molecule has 0 fully saturated rings. The zero-order chi connectivity index (χ0) is 20.6. The first-order chi connectivity index (χ1) is 13.8. The molecule has 29 heavy (non-hydrogen) atoms. The van der Waals surface area contributed by atoms with E-state index >= 15 is 0 Å². The highest BCUT2D eigenvalue weighted by Gasteiger charge is 2.34. The topological polar surface area (TPSA) is 81.6 Å². The maximum atomic E-state index is 13.4. The first kappa shape index (κ1) is 18.8. The van der Waals surface area contributed by atoms with Crippen LogP contribution >= 0.6 is 0 Å². The number of pyridine rings is 1. The molecule has 1 aromatic heterocycles. The minimum atomic E-state index is -4.57. The molecule has 4 rings (SSSR count). The lowest BCUT2D eigenvalue weighted by Gasteiger charge is -2.21. The lowest BCUT2D eigenvalue weighted by molar-refractivity contribution is -0.137. The zero-order valence-corrected chi connectivity index (χ0v) is 15.3. The number of benzene rings is 1. The molecule has 0 aliphatic carbocycles. The lowest BCUT2D eigenvalue weighted by Crippen LogP contribution is -2.29. The Balaban J connectivity index is 1.62. The number of rotatable bonds is 3. The second kappa shape index (κ2) is 7.12. The Hall–Kier alpha value is -3.56. The minimum Gasteiger partial charge on any atom is -0.372 e. The average Bonchev–Trinajstić information content (AvgIpc) is 3.00. The summed E-state index contributed by atoms with van der Waals surface area (Å²) in [5, 5.41) is 8.48. The number of aromatic nitrogens is 1. The van der Waals surface area contributed by atoms with Crippen LogP contribution in [0.15, 0.2) is 47.9 Å². The smallest absolute Gasteiger partial charge is 0.372 e. The summed E-state index contributed by atoms with van der Waals surface area (Å²) in [5.41, 5.74) is 1.14. The summed E-state index contributed by atoms with van der Waals surface area (Å²) in [7, 11) is 1.80. The Labute approximate surface area is 164 Å². The Kier molecular flexibility index (Phi) is 4.61. The van der Waals surface area contributed by atoms with Crippen molar-refractivity contribution in [1.29, 1.82) is 0 Å². The van der Waals surface area contributed by atoms with E-state index in [0.29, 0.717) is 18.1 Å². The fraction of sp³-hybridized carbons (Fsp3) is 0.211. The molecular formula is C19H17F3N6O. The van der Waals surface area contributed by atoms with E-state index in [4.69, 9.17) is 0 Å². The average molecular weight is 402 g/mol. The molecule has 150 valence electrons. The van der Waals surface area contributed by atoms with Crippen LogP contribution < -0.4 is 16.0 Å². The van der Waals surface area contributed by atoms with Gasteiger partial charge in [0.2, 0.25) is 5.91 Å². The summed E-state index contributed by atoms with van der Waals surface area (Å²) in [4.78, 5) is 21.3. The molecule has 0 unspecified atom stereocenters. The number of likely N-dealkylation sites (N-methyl/N-ethyl adjacent to an activating group) is 1. The van der Waals surface area contributed by atoms with E-state index in [9.17, 15) is 18.0 Å². The van der Waals surface area contributed by atoms with Gasteiger partial charge in [0.05, 0.1) is 24.2 Å². The largest absolute Gasteiger partial charge is 0.419 e. The van der Waals surface area contributed by atoms with E-state index in [1.165, 1.54) is 12.3 Å². The highest BCUT2D eigenvalue weighted by atomic mass is 19.4. The third kappa shape index (κ3) is 4.15. The predicted octanol–water partition coefficient (Wildman–Crippen LogP) is 3.57. The second-order valence-electron chi connectivity index (χ2n) is 6.75. The summed E-state index contributed by atoms with van der Waals surface area (Å²) in [6.45, 7) is 0.352. The number of anilines is 4. The molecule has 0 bridgehead atoms. The van der Waals surface area contributed by atoms with Crippen LogP contribution in [0.25, 0.3) is 0 Å². The van der Waals surface area contributed by atoms with Gasteiger partial charge in [-0.3, -0.25) is 4.79 Å². The Morgan fingerprint density at radius 1 is 1.21 bits per heavy atom. The Morgan fingerprint density at radius 3 is 2.79 bits per heavy atom. The van der Waals surface area contributed by atoms with Gasteiger partial charge in [0, 0.05) is 43.1 Å². The molecule has 3 heterocycles. The van der Waals surface area contributed by atoms with Gasteiger partial charge >= 0.3 is 6.18 Å². The van der Waals surface area contributed by atoms with Crippen molar-refractivity contribution in [1.82, 2.24) is 9.88 Å². The van der Waals surface area contributed by atoms with E-state index in [0.717, 1.165) is 17.4 Å². The molecule has 0 atom stereocenters. The number of hydrogen-bond donors (Lipinski definition) is 3. The number of carbonyl (C=O) groups excluding carboxylic acids is 1. The number of nitrogens with zero attached hydrogens (tertiary/aromatic N) is 3. The van der Waals surface area contributed by atoms with Crippen LogP contribution in [0.1, 0.15) is 11.1 Å². The van der Waals surface area contributed by atoms with Crippen molar-refractivity contribution < 1.29 is 18.0 Å². The van der Waals surface area contributed by atoms with Crippen LogP contribution in [-0.2, 0) is 17.4 Å². The molecular weight excluding hydrogens is 385 g/mol. The minimum absolute atomic E-state index is 0.0939. The highest BCUT2D eigenvalue weighted by Crippen LogP contribution is 2.36. The molecule has 0 spiro atoms. The molecule has 2 aliphatic heterocycles. The van der Waals surface area contributed by atoms with Gasteiger partial charge in [0.15, 0.2) is 0 Å². The third-order valence-corrected chi connectivity index (χ3v) is 4.44. The second-order valence-corrected chi connectivity index (χ2v) is 6.75. The molecule has 0 radical (unpaired) electrons. The number of nitrogens with one attached hydrogen (secondary N) is 3. The van der Waals surface area contributed by atoms with Crippen LogP contribution in [0.5, 0.6) is 0 Å². The van der Waals surface area contributed by atoms with Crippen LogP contribution in [0.3, 0.4) is 0 Å². The maximum Gasteiger partial charge on any atom is 0.419 e. The molecule has 7 nitrogen and oxygen atoms in total. The summed E-state index contributed by atoms with van der Waals surface area (Å²) in [6, 6.07) is 6.53. The number of amidine groups is 1. The number of halogens is 3. The SMILES string of the molecule is CN1C=CN=C(Nc2cc(Nc3ccc4c(c3)CC(=O)N4)ncc2C(F)(F)F)C1. The van der Waals surface area contributed by atoms with E-state index in [1.54, 1.807) is 36.3 Å². The molecule has 1 amide bonds. The summed E-state index contributed by atoms with van der Waals surface area (Å²) < 4.78 is 40.3. The number of carbonyl (C=O) groups is 1. The number of aliphatic imine (C=N–C) groups is 1. The fourth-order valence-corrected chi connectivity index (χ4v) is 3.10. The van der Waals surface area contributed by atoms with Gasteiger partial charge in [-0.25, -0.2) is 9.98 Å². The lowest BCUT2D eigenvalue weighted by atomic mass is 10.1. The summed E-state index contributed by atoms with van der Waals surface area (Å²) in [6.07, 6.45) is -0.280. The normalized spacial score (nSPS) is 15.7. The molecule has 0 saturated carbocycles. The number of hydrogen-bond acceptors (Lipinski definition) is 6. The van der Waals surface area contributed by atoms with Gasteiger partial charge in [-0.2, -0.15) is 13.2 Å². The number of fused-ring (bicyclic) bond motifs is 1. The van der Waals surface area contributed by atoms with Crippen molar-refractivity contribution in [3.63, 3.8) is 0 Å². The van der Waals surface area contributed by atoms with E-state index in [-0.39, 0.29) is 23.8 Å². The third-order valence-electron chi connectivity index (χ3n) is 4.44. The van der Waals surface area contributed by atoms with E-state index in [2.05, 4.69) is 25.9 Å².